The highest BCUT2D eigenvalue weighted by molar-refractivity contribution is 7.51. The topological polar surface area (TPSA) is 81.0 Å². The monoisotopic (exact) mass is 339 g/mol. The van der Waals surface area contributed by atoms with Gasteiger partial charge in [-0.1, -0.05) is 23.7 Å². The van der Waals surface area contributed by atoms with Crippen LogP contribution in [-0.2, 0) is 11.1 Å². The Morgan fingerprint density at radius 1 is 1.43 bits per heavy atom. The molecule has 0 spiro atoms. The highest BCUT2D eigenvalue weighted by atomic mass is 35.5. The maximum Gasteiger partial charge on any atom is 0.328 e. The van der Waals surface area contributed by atoms with Crippen LogP contribution in [0, 0.1) is 5.82 Å². The third-order valence-corrected chi connectivity index (χ3v) is 4.59. The molecule has 8 heteroatoms. The molecular formula is C13H20ClFNO4P. The Morgan fingerprint density at radius 2 is 2.05 bits per heavy atom. The van der Waals surface area contributed by atoms with E-state index >= 15 is 0 Å². The van der Waals surface area contributed by atoms with Crippen molar-refractivity contribution in [3.8, 4) is 0 Å². The second-order valence-corrected chi connectivity index (χ2v) is 7.29. The molecule has 0 amide bonds. The summed E-state index contributed by atoms with van der Waals surface area (Å²) in [6.07, 6.45) is -1.45. The van der Waals surface area contributed by atoms with Crippen molar-refractivity contribution in [3.63, 3.8) is 0 Å². The number of rotatable bonds is 7. The maximum absolute atomic E-state index is 13.3. The van der Waals surface area contributed by atoms with E-state index in [9.17, 15) is 14.1 Å². The third-order valence-electron chi connectivity index (χ3n) is 3.27. The maximum atomic E-state index is 13.3. The molecule has 0 aliphatic carbocycles. The largest absolute Gasteiger partial charge is 0.392 e. The highest BCUT2D eigenvalue weighted by Gasteiger charge is 2.23. The molecule has 1 aromatic rings. The van der Waals surface area contributed by atoms with Crippen molar-refractivity contribution in [2.24, 2.45) is 0 Å². The molecule has 1 unspecified atom stereocenters. The Labute approximate surface area is 128 Å². The SMILES string of the molecule is C[C@@H](CC(O)CP(=O)(O)O)N(C)Cc1cccc(F)c1Cl. The van der Waals surface area contributed by atoms with Crippen LogP contribution in [0.5, 0.6) is 0 Å². The molecule has 1 aromatic carbocycles. The standard InChI is InChI=1S/C13H20ClFNO4P/c1-9(6-11(17)8-21(18,19)20)16(2)7-10-4-3-5-12(15)13(10)14/h3-5,9,11,17H,6-8H2,1-2H3,(H2,18,19,20)/t9-,11?/m0/s1. The minimum atomic E-state index is -4.23. The van der Waals surface area contributed by atoms with Crippen molar-refractivity contribution in [1.29, 1.82) is 0 Å². The third kappa shape index (κ3) is 6.43. The van der Waals surface area contributed by atoms with Crippen LogP contribution in [0.2, 0.25) is 5.02 Å². The second-order valence-electron chi connectivity index (χ2n) is 5.21. The first-order valence-electron chi connectivity index (χ1n) is 6.46. The van der Waals surface area contributed by atoms with Crippen molar-refractivity contribution in [2.45, 2.75) is 32.0 Å². The van der Waals surface area contributed by atoms with Crippen LogP contribution < -0.4 is 0 Å². The molecule has 0 saturated heterocycles. The van der Waals surface area contributed by atoms with Crippen LogP contribution in [-0.4, -0.2) is 45.1 Å². The highest BCUT2D eigenvalue weighted by Crippen LogP contribution is 2.35. The second kappa shape index (κ2) is 7.68. The zero-order valence-electron chi connectivity index (χ0n) is 11.9. The summed E-state index contributed by atoms with van der Waals surface area (Å²) in [5.41, 5.74) is 0.621. The zero-order chi connectivity index (χ0) is 16.2. The van der Waals surface area contributed by atoms with Gasteiger partial charge in [-0.2, -0.15) is 0 Å². The number of nitrogens with zero attached hydrogens (tertiary/aromatic N) is 1. The van der Waals surface area contributed by atoms with E-state index in [1.807, 2.05) is 11.8 Å². The summed E-state index contributed by atoms with van der Waals surface area (Å²) in [7, 11) is -2.45. The van der Waals surface area contributed by atoms with Crippen molar-refractivity contribution < 1.29 is 23.8 Å². The van der Waals surface area contributed by atoms with Gasteiger partial charge in [0.2, 0.25) is 0 Å². The average molecular weight is 340 g/mol. The first-order chi connectivity index (χ1) is 9.60. The molecule has 0 aromatic heterocycles. The molecular weight excluding hydrogens is 320 g/mol. The van der Waals surface area contributed by atoms with E-state index < -0.39 is 25.7 Å². The van der Waals surface area contributed by atoms with Gasteiger partial charge >= 0.3 is 7.60 Å². The molecule has 0 bridgehead atoms. The van der Waals surface area contributed by atoms with Gasteiger partial charge in [-0.25, -0.2) is 4.39 Å². The minimum Gasteiger partial charge on any atom is -0.392 e. The van der Waals surface area contributed by atoms with E-state index in [-0.39, 0.29) is 17.5 Å². The van der Waals surface area contributed by atoms with Crippen LogP contribution in [0.4, 0.5) is 4.39 Å². The van der Waals surface area contributed by atoms with Crippen LogP contribution in [0.25, 0.3) is 0 Å². The van der Waals surface area contributed by atoms with Gasteiger partial charge in [-0.3, -0.25) is 9.46 Å². The molecule has 0 aliphatic heterocycles. The number of halogens is 2. The number of hydrogen-bond acceptors (Lipinski definition) is 3. The number of benzene rings is 1. The summed E-state index contributed by atoms with van der Waals surface area (Å²) in [6.45, 7) is 2.19. The predicted molar refractivity (Wildman–Crippen MR) is 79.9 cm³/mol. The van der Waals surface area contributed by atoms with E-state index in [2.05, 4.69) is 0 Å². The Balaban J connectivity index is 2.60. The molecule has 0 radical (unpaired) electrons. The van der Waals surface area contributed by atoms with Crippen LogP contribution in [0.1, 0.15) is 18.9 Å². The predicted octanol–water partition coefficient (Wildman–Crippen LogP) is 2.23. The molecule has 3 N–H and O–H groups in total. The van der Waals surface area contributed by atoms with E-state index in [1.54, 1.807) is 19.2 Å². The van der Waals surface area contributed by atoms with Crippen LogP contribution >= 0.6 is 19.2 Å². The fraction of sp³-hybridized carbons (Fsp3) is 0.538. The van der Waals surface area contributed by atoms with Gasteiger partial charge in [0.05, 0.1) is 17.3 Å². The van der Waals surface area contributed by atoms with Gasteiger partial charge in [0.15, 0.2) is 0 Å². The summed E-state index contributed by atoms with van der Waals surface area (Å²) < 4.78 is 24.2. The molecule has 2 atom stereocenters. The average Bonchev–Trinajstić information content (AvgIpc) is 2.32. The summed E-state index contributed by atoms with van der Waals surface area (Å²) in [6, 6.07) is 4.41. The lowest BCUT2D eigenvalue weighted by Gasteiger charge is -2.27. The molecule has 5 nitrogen and oxygen atoms in total. The quantitative estimate of drug-likeness (QED) is 0.664. The first kappa shape index (κ1) is 18.6. The van der Waals surface area contributed by atoms with Gasteiger partial charge in [-0.05, 0) is 32.0 Å². The van der Waals surface area contributed by atoms with E-state index in [0.29, 0.717) is 12.1 Å². The van der Waals surface area contributed by atoms with E-state index in [0.717, 1.165) is 0 Å². The van der Waals surface area contributed by atoms with Crippen molar-refractivity contribution in [2.75, 3.05) is 13.2 Å². The summed E-state index contributed by atoms with van der Waals surface area (Å²) in [5.74, 6) is -0.489. The molecule has 0 fully saturated rings. The summed E-state index contributed by atoms with van der Waals surface area (Å²) in [5, 5.41) is 9.73. The van der Waals surface area contributed by atoms with Crippen LogP contribution in [0.3, 0.4) is 0 Å². The minimum absolute atomic E-state index is 0.0623. The van der Waals surface area contributed by atoms with Crippen LogP contribution in [0.15, 0.2) is 18.2 Å². The molecule has 0 saturated carbocycles. The van der Waals surface area contributed by atoms with Gasteiger partial charge in [0, 0.05) is 12.6 Å². The van der Waals surface area contributed by atoms with E-state index in [1.165, 1.54) is 6.07 Å². The van der Waals surface area contributed by atoms with Gasteiger partial charge in [-0.15, -0.1) is 0 Å². The molecule has 0 heterocycles. The lowest BCUT2D eigenvalue weighted by Crippen LogP contribution is -2.33. The Morgan fingerprint density at radius 3 is 2.62 bits per heavy atom. The Kier molecular flexibility index (Phi) is 6.78. The lowest BCUT2D eigenvalue weighted by atomic mass is 10.1. The fourth-order valence-corrected chi connectivity index (χ4v) is 2.90. The van der Waals surface area contributed by atoms with Crippen molar-refractivity contribution in [3.05, 3.63) is 34.6 Å². The molecule has 0 aliphatic rings. The van der Waals surface area contributed by atoms with Crippen molar-refractivity contribution >= 4 is 19.2 Å². The first-order valence-corrected chi connectivity index (χ1v) is 8.63. The molecule has 1 rings (SSSR count). The Hall–Kier alpha value is -0.490. The van der Waals surface area contributed by atoms with Crippen molar-refractivity contribution in [1.82, 2.24) is 4.90 Å². The van der Waals surface area contributed by atoms with Gasteiger partial charge < -0.3 is 14.9 Å². The fourth-order valence-electron chi connectivity index (χ4n) is 2.02. The number of aliphatic hydroxyl groups excluding tert-OH is 1. The van der Waals surface area contributed by atoms with Gasteiger partial charge in [0.1, 0.15) is 5.82 Å². The summed E-state index contributed by atoms with van der Waals surface area (Å²) in [4.78, 5) is 19.5. The normalized spacial score (nSPS) is 15.2. The lowest BCUT2D eigenvalue weighted by molar-refractivity contribution is 0.128. The number of hydrogen-bond donors (Lipinski definition) is 3. The summed E-state index contributed by atoms with van der Waals surface area (Å²) >= 11 is 5.88. The van der Waals surface area contributed by atoms with E-state index in [4.69, 9.17) is 21.4 Å². The van der Waals surface area contributed by atoms with Gasteiger partial charge in [0.25, 0.3) is 0 Å². The molecule has 120 valence electrons. The zero-order valence-corrected chi connectivity index (χ0v) is 13.6. The smallest absolute Gasteiger partial charge is 0.328 e. The Bertz CT molecular complexity index is 525. The number of aliphatic hydroxyl groups is 1. The molecule has 21 heavy (non-hydrogen) atoms.